The van der Waals surface area contributed by atoms with Crippen molar-refractivity contribution in [3.8, 4) is 0 Å². The van der Waals surface area contributed by atoms with Crippen LogP contribution in [0.3, 0.4) is 0 Å². The third-order valence-electron chi connectivity index (χ3n) is 3.88. The van der Waals surface area contributed by atoms with Crippen LogP contribution in [0.4, 0.5) is 10.5 Å². The first-order valence-electron chi connectivity index (χ1n) is 7.52. The van der Waals surface area contributed by atoms with E-state index in [2.05, 4.69) is 34.1 Å². The first-order chi connectivity index (χ1) is 10.1. The molecule has 0 saturated carbocycles. The molecule has 0 aliphatic carbocycles. The molecule has 1 aromatic carbocycles. The second-order valence-corrected chi connectivity index (χ2v) is 5.82. The van der Waals surface area contributed by atoms with Crippen molar-refractivity contribution in [3.05, 3.63) is 30.3 Å². The third-order valence-corrected chi connectivity index (χ3v) is 3.88. The van der Waals surface area contributed by atoms with Crippen LogP contribution in [0.1, 0.15) is 0 Å². The Morgan fingerprint density at radius 2 is 1.62 bits per heavy atom. The molecule has 5 heteroatoms. The molecule has 2 rings (SSSR count). The van der Waals surface area contributed by atoms with Crippen molar-refractivity contribution in [2.45, 2.75) is 0 Å². The van der Waals surface area contributed by atoms with Gasteiger partial charge in [0.15, 0.2) is 0 Å². The number of rotatable bonds is 4. The minimum atomic E-state index is 0.143. The topological polar surface area (TPSA) is 30.0 Å². The van der Waals surface area contributed by atoms with E-state index in [0.29, 0.717) is 0 Å². The smallest absolute Gasteiger partial charge is 0.319 e. The lowest BCUT2D eigenvalue weighted by molar-refractivity contribution is 0.156. The predicted molar refractivity (Wildman–Crippen MR) is 86.8 cm³/mol. The lowest BCUT2D eigenvalue weighted by atomic mass is 10.2. The fraction of sp³-hybridized carbons (Fsp3) is 0.562. The fourth-order valence-electron chi connectivity index (χ4n) is 2.48. The monoisotopic (exact) mass is 290 g/mol. The van der Waals surface area contributed by atoms with Gasteiger partial charge in [0.25, 0.3) is 0 Å². The van der Waals surface area contributed by atoms with Crippen LogP contribution in [0.15, 0.2) is 30.3 Å². The van der Waals surface area contributed by atoms with E-state index in [1.807, 2.05) is 37.0 Å². The van der Waals surface area contributed by atoms with E-state index in [1.165, 1.54) is 5.69 Å². The zero-order valence-electron chi connectivity index (χ0n) is 13.3. The Morgan fingerprint density at radius 3 is 2.19 bits per heavy atom. The number of piperazine rings is 1. The van der Waals surface area contributed by atoms with E-state index < -0.39 is 0 Å². The molecule has 0 N–H and O–H groups in total. The standard InChI is InChI=1S/C16H26N4O/c1-17(2)9-10-18(3)16(21)20-13-11-19(12-14-20)15-7-5-4-6-8-15/h4-8H,9-14H2,1-3H3. The molecule has 1 aliphatic heterocycles. The highest BCUT2D eigenvalue weighted by molar-refractivity contribution is 5.74. The zero-order chi connectivity index (χ0) is 15.2. The van der Waals surface area contributed by atoms with Crippen LogP contribution in [0.2, 0.25) is 0 Å². The molecule has 1 fully saturated rings. The number of amides is 2. The maximum absolute atomic E-state index is 12.4. The number of benzene rings is 1. The Hall–Kier alpha value is -1.75. The molecular formula is C16H26N4O. The highest BCUT2D eigenvalue weighted by atomic mass is 16.2. The van der Waals surface area contributed by atoms with Crippen molar-refractivity contribution in [1.29, 1.82) is 0 Å². The summed E-state index contributed by atoms with van der Waals surface area (Å²) in [4.78, 5) is 20.6. The molecule has 5 nitrogen and oxygen atoms in total. The molecule has 1 aromatic rings. The number of hydrogen-bond donors (Lipinski definition) is 0. The van der Waals surface area contributed by atoms with E-state index in [-0.39, 0.29) is 6.03 Å². The molecule has 0 atom stereocenters. The van der Waals surface area contributed by atoms with Crippen LogP contribution in [-0.4, -0.2) is 81.1 Å². The van der Waals surface area contributed by atoms with Gasteiger partial charge in [0, 0.05) is 52.0 Å². The Balaban J connectivity index is 1.82. The van der Waals surface area contributed by atoms with Gasteiger partial charge in [-0.05, 0) is 26.2 Å². The molecule has 1 heterocycles. The maximum atomic E-state index is 12.4. The number of carbonyl (C=O) groups excluding carboxylic acids is 1. The van der Waals surface area contributed by atoms with Gasteiger partial charge in [0.1, 0.15) is 0 Å². The highest BCUT2D eigenvalue weighted by Gasteiger charge is 2.23. The number of hydrogen-bond acceptors (Lipinski definition) is 3. The molecule has 0 unspecified atom stereocenters. The van der Waals surface area contributed by atoms with Crippen LogP contribution in [-0.2, 0) is 0 Å². The molecule has 1 aliphatic rings. The van der Waals surface area contributed by atoms with Crippen molar-refractivity contribution in [1.82, 2.24) is 14.7 Å². The van der Waals surface area contributed by atoms with Crippen LogP contribution < -0.4 is 4.90 Å². The first kappa shape index (κ1) is 15.6. The van der Waals surface area contributed by atoms with E-state index in [0.717, 1.165) is 39.3 Å². The summed E-state index contributed by atoms with van der Waals surface area (Å²) in [5, 5.41) is 0. The van der Waals surface area contributed by atoms with Crippen molar-refractivity contribution in [3.63, 3.8) is 0 Å². The van der Waals surface area contributed by atoms with Crippen molar-refractivity contribution >= 4 is 11.7 Å². The number of likely N-dealkylation sites (N-methyl/N-ethyl adjacent to an activating group) is 2. The number of nitrogens with zero attached hydrogens (tertiary/aromatic N) is 4. The average Bonchev–Trinajstić information content (AvgIpc) is 2.53. The molecule has 0 aromatic heterocycles. The van der Waals surface area contributed by atoms with Gasteiger partial charge in [-0.25, -0.2) is 4.79 Å². The molecular weight excluding hydrogens is 264 g/mol. The van der Waals surface area contributed by atoms with Gasteiger partial charge in [-0.15, -0.1) is 0 Å². The Kier molecular flexibility index (Phi) is 5.44. The second-order valence-electron chi connectivity index (χ2n) is 5.82. The zero-order valence-corrected chi connectivity index (χ0v) is 13.3. The third kappa shape index (κ3) is 4.36. The summed E-state index contributed by atoms with van der Waals surface area (Å²) in [5.41, 5.74) is 1.24. The van der Waals surface area contributed by atoms with Gasteiger partial charge in [0.05, 0.1) is 0 Å². The highest BCUT2D eigenvalue weighted by Crippen LogP contribution is 2.16. The maximum Gasteiger partial charge on any atom is 0.319 e. The quantitative estimate of drug-likeness (QED) is 0.840. The van der Waals surface area contributed by atoms with E-state index in [1.54, 1.807) is 0 Å². The van der Waals surface area contributed by atoms with Crippen LogP contribution >= 0.6 is 0 Å². The molecule has 0 radical (unpaired) electrons. The fourth-order valence-corrected chi connectivity index (χ4v) is 2.48. The summed E-state index contributed by atoms with van der Waals surface area (Å²) >= 11 is 0. The van der Waals surface area contributed by atoms with Gasteiger partial charge in [-0.3, -0.25) is 0 Å². The van der Waals surface area contributed by atoms with E-state index >= 15 is 0 Å². The minimum absolute atomic E-state index is 0.143. The predicted octanol–water partition coefficient (Wildman–Crippen LogP) is 1.42. The number of urea groups is 1. The van der Waals surface area contributed by atoms with Crippen molar-refractivity contribution in [2.24, 2.45) is 0 Å². The summed E-state index contributed by atoms with van der Waals surface area (Å²) in [6, 6.07) is 10.5. The van der Waals surface area contributed by atoms with Crippen LogP contribution in [0.25, 0.3) is 0 Å². The van der Waals surface area contributed by atoms with E-state index in [4.69, 9.17) is 0 Å². The summed E-state index contributed by atoms with van der Waals surface area (Å²) < 4.78 is 0. The van der Waals surface area contributed by atoms with Gasteiger partial charge >= 0.3 is 6.03 Å². The number of para-hydroxylation sites is 1. The summed E-state index contributed by atoms with van der Waals surface area (Å²) in [7, 11) is 5.93. The Morgan fingerprint density at radius 1 is 1.00 bits per heavy atom. The first-order valence-corrected chi connectivity index (χ1v) is 7.52. The molecule has 1 saturated heterocycles. The largest absolute Gasteiger partial charge is 0.368 e. The number of anilines is 1. The Bertz CT molecular complexity index is 441. The van der Waals surface area contributed by atoms with Gasteiger partial charge in [-0.1, -0.05) is 18.2 Å². The molecule has 2 amide bonds. The Labute approximate surface area is 127 Å². The molecule has 116 valence electrons. The molecule has 0 spiro atoms. The van der Waals surface area contributed by atoms with Crippen LogP contribution in [0.5, 0.6) is 0 Å². The lowest BCUT2D eigenvalue weighted by Gasteiger charge is -2.37. The number of carbonyl (C=O) groups is 1. The molecule has 21 heavy (non-hydrogen) atoms. The SMILES string of the molecule is CN(C)CCN(C)C(=O)N1CCN(c2ccccc2)CC1. The summed E-state index contributed by atoms with van der Waals surface area (Å²) in [5.74, 6) is 0. The van der Waals surface area contributed by atoms with Crippen molar-refractivity contribution in [2.75, 3.05) is 65.3 Å². The summed E-state index contributed by atoms with van der Waals surface area (Å²) in [6.07, 6.45) is 0. The molecule has 0 bridgehead atoms. The van der Waals surface area contributed by atoms with Gasteiger partial charge in [-0.2, -0.15) is 0 Å². The van der Waals surface area contributed by atoms with Gasteiger partial charge < -0.3 is 19.6 Å². The lowest BCUT2D eigenvalue weighted by Crippen LogP contribution is -2.52. The van der Waals surface area contributed by atoms with E-state index in [9.17, 15) is 4.79 Å². The van der Waals surface area contributed by atoms with Gasteiger partial charge in [0.2, 0.25) is 0 Å². The van der Waals surface area contributed by atoms with Crippen LogP contribution in [0, 0.1) is 0 Å². The normalized spacial score (nSPS) is 15.4. The summed E-state index contributed by atoms with van der Waals surface area (Å²) in [6.45, 7) is 5.05. The van der Waals surface area contributed by atoms with Crippen molar-refractivity contribution < 1.29 is 4.79 Å². The second kappa shape index (κ2) is 7.31. The minimum Gasteiger partial charge on any atom is -0.368 e. The average molecular weight is 290 g/mol.